The average Bonchev–Trinajstić information content (AvgIpc) is 3.14. The highest BCUT2D eigenvalue weighted by Crippen LogP contribution is 2.46. The zero-order chi connectivity index (χ0) is 30.5. The second-order valence-corrected chi connectivity index (χ2v) is 11.6. The lowest BCUT2D eigenvalue weighted by atomic mass is 9.84. The third-order valence-electron chi connectivity index (χ3n) is 8.96. The summed E-state index contributed by atoms with van der Waals surface area (Å²) >= 11 is 0. The molecule has 0 saturated carbocycles. The first-order valence-corrected chi connectivity index (χ1v) is 15.5. The average molecular weight is 586 g/mol. The van der Waals surface area contributed by atoms with Crippen molar-refractivity contribution in [3.63, 3.8) is 0 Å². The van der Waals surface area contributed by atoms with Crippen LogP contribution in [-0.4, -0.2) is 15.0 Å². The Morgan fingerprint density at radius 1 is 0.348 bits per heavy atom. The van der Waals surface area contributed by atoms with Gasteiger partial charge in [0, 0.05) is 23.2 Å². The topological polar surface area (TPSA) is 38.7 Å². The standard InChI is InChI=1S/C43H27N3/c1-2-11-28(12-3-1)29-19-21-30(22-20-29)40-32-14-4-6-16-34(32)41(35-17-7-5-15-33(35)40)37-27-39(38-18-8-9-25-44-38)46-43-36(37)24-23-31-13-10-26-45-42(31)43/h1-27H. The van der Waals surface area contributed by atoms with Crippen molar-refractivity contribution in [3.8, 4) is 44.8 Å². The smallest absolute Gasteiger partial charge is 0.0979 e. The summed E-state index contributed by atoms with van der Waals surface area (Å²) < 4.78 is 0. The van der Waals surface area contributed by atoms with E-state index < -0.39 is 0 Å². The third kappa shape index (κ3) is 4.25. The van der Waals surface area contributed by atoms with Crippen molar-refractivity contribution in [1.29, 1.82) is 0 Å². The maximum absolute atomic E-state index is 5.19. The first-order valence-electron chi connectivity index (χ1n) is 15.5. The third-order valence-corrected chi connectivity index (χ3v) is 8.96. The molecule has 0 bridgehead atoms. The summed E-state index contributed by atoms with van der Waals surface area (Å²) in [6, 6.07) is 53.7. The van der Waals surface area contributed by atoms with Gasteiger partial charge in [-0.3, -0.25) is 9.97 Å². The zero-order valence-corrected chi connectivity index (χ0v) is 24.9. The lowest BCUT2D eigenvalue weighted by Crippen LogP contribution is -1.96. The maximum atomic E-state index is 5.19. The lowest BCUT2D eigenvalue weighted by Gasteiger charge is -2.19. The molecule has 9 aromatic rings. The summed E-state index contributed by atoms with van der Waals surface area (Å²) in [4.78, 5) is 14.7. The molecule has 0 aliphatic heterocycles. The summed E-state index contributed by atoms with van der Waals surface area (Å²) in [7, 11) is 0. The number of rotatable bonds is 4. The van der Waals surface area contributed by atoms with Crippen molar-refractivity contribution in [2.24, 2.45) is 0 Å². The van der Waals surface area contributed by atoms with Crippen LogP contribution < -0.4 is 0 Å². The Kier molecular flexibility index (Phi) is 6.14. The lowest BCUT2D eigenvalue weighted by molar-refractivity contribution is 1.28. The number of benzene rings is 6. The molecule has 0 aliphatic carbocycles. The van der Waals surface area contributed by atoms with Crippen LogP contribution in [0.2, 0.25) is 0 Å². The monoisotopic (exact) mass is 585 g/mol. The predicted molar refractivity (Wildman–Crippen MR) is 192 cm³/mol. The van der Waals surface area contributed by atoms with E-state index in [0.29, 0.717) is 0 Å². The van der Waals surface area contributed by atoms with Gasteiger partial charge in [0.15, 0.2) is 0 Å². The van der Waals surface area contributed by atoms with E-state index in [1.807, 2.05) is 36.7 Å². The van der Waals surface area contributed by atoms with Crippen LogP contribution in [0.1, 0.15) is 0 Å². The van der Waals surface area contributed by atoms with Gasteiger partial charge < -0.3 is 0 Å². The van der Waals surface area contributed by atoms with Crippen molar-refractivity contribution in [2.75, 3.05) is 0 Å². The minimum Gasteiger partial charge on any atom is -0.255 e. The Hall–Kier alpha value is -6.19. The first kappa shape index (κ1) is 26.2. The second-order valence-electron chi connectivity index (χ2n) is 11.6. The molecule has 3 heterocycles. The van der Waals surface area contributed by atoms with Crippen molar-refractivity contribution in [2.45, 2.75) is 0 Å². The van der Waals surface area contributed by atoms with E-state index in [-0.39, 0.29) is 0 Å². The maximum Gasteiger partial charge on any atom is 0.0979 e. The summed E-state index contributed by atoms with van der Waals surface area (Å²) in [5.74, 6) is 0. The fourth-order valence-electron chi connectivity index (χ4n) is 6.87. The fourth-order valence-corrected chi connectivity index (χ4v) is 6.87. The van der Waals surface area contributed by atoms with Crippen LogP contribution in [0.25, 0.3) is 88.1 Å². The Morgan fingerprint density at radius 3 is 1.65 bits per heavy atom. The largest absolute Gasteiger partial charge is 0.255 e. The molecule has 0 spiro atoms. The van der Waals surface area contributed by atoms with Gasteiger partial charge in [-0.05, 0) is 79.2 Å². The molecule has 0 saturated heterocycles. The van der Waals surface area contributed by atoms with E-state index in [0.717, 1.165) is 38.8 Å². The Bertz CT molecular complexity index is 2500. The number of hydrogen-bond acceptors (Lipinski definition) is 3. The SMILES string of the molecule is c1ccc(-c2ccc(-c3c4ccccc4c(-c4cc(-c5ccccn5)nc5c4ccc4cccnc45)c4ccccc34)cc2)cc1. The molecule has 3 nitrogen and oxygen atoms in total. The molecular formula is C43H27N3. The summed E-state index contributed by atoms with van der Waals surface area (Å²) in [5, 5.41) is 6.96. The Labute approximate surface area is 266 Å². The molecule has 0 atom stereocenters. The van der Waals surface area contributed by atoms with Gasteiger partial charge in [0.2, 0.25) is 0 Å². The fraction of sp³-hybridized carbons (Fsp3) is 0. The molecular weight excluding hydrogens is 558 g/mol. The molecule has 0 aliphatic rings. The molecule has 0 fully saturated rings. The van der Waals surface area contributed by atoms with Gasteiger partial charge in [0.1, 0.15) is 0 Å². The van der Waals surface area contributed by atoms with E-state index in [9.17, 15) is 0 Å². The molecule has 3 heteroatoms. The minimum atomic E-state index is 0.829. The molecule has 0 amide bonds. The van der Waals surface area contributed by atoms with Gasteiger partial charge in [-0.15, -0.1) is 0 Å². The zero-order valence-electron chi connectivity index (χ0n) is 24.9. The van der Waals surface area contributed by atoms with E-state index in [1.165, 1.54) is 49.4 Å². The van der Waals surface area contributed by atoms with Gasteiger partial charge >= 0.3 is 0 Å². The van der Waals surface area contributed by atoms with Crippen LogP contribution in [-0.2, 0) is 0 Å². The van der Waals surface area contributed by atoms with Crippen molar-refractivity contribution >= 4 is 43.4 Å². The number of fused-ring (bicyclic) bond motifs is 5. The quantitative estimate of drug-likeness (QED) is 0.152. The summed E-state index contributed by atoms with van der Waals surface area (Å²) in [6.45, 7) is 0. The van der Waals surface area contributed by atoms with Crippen LogP contribution in [0, 0.1) is 0 Å². The van der Waals surface area contributed by atoms with E-state index in [2.05, 4.69) is 127 Å². The molecule has 214 valence electrons. The van der Waals surface area contributed by atoms with Crippen LogP contribution >= 0.6 is 0 Å². The van der Waals surface area contributed by atoms with Gasteiger partial charge in [-0.25, -0.2) is 4.98 Å². The molecule has 0 unspecified atom stereocenters. The van der Waals surface area contributed by atoms with Crippen LogP contribution in [0.5, 0.6) is 0 Å². The van der Waals surface area contributed by atoms with Gasteiger partial charge in [0.25, 0.3) is 0 Å². The van der Waals surface area contributed by atoms with Crippen LogP contribution in [0.4, 0.5) is 0 Å². The van der Waals surface area contributed by atoms with Gasteiger partial charge in [-0.2, -0.15) is 0 Å². The highest BCUT2D eigenvalue weighted by molar-refractivity contribution is 6.24. The first-order chi connectivity index (χ1) is 22.8. The molecule has 6 aromatic carbocycles. The highest BCUT2D eigenvalue weighted by Gasteiger charge is 2.20. The van der Waals surface area contributed by atoms with Crippen molar-refractivity contribution in [3.05, 3.63) is 164 Å². The molecule has 9 rings (SSSR count). The Balaban J connectivity index is 1.37. The van der Waals surface area contributed by atoms with Gasteiger partial charge in [-0.1, -0.05) is 127 Å². The normalized spacial score (nSPS) is 11.5. The van der Waals surface area contributed by atoms with E-state index in [4.69, 9.17) is 15.0 Å². The molecule has 0 radical (unpaired) electrons. The minimum absolute atomic E-state index is 0.829. The highest BCUT2D eigenvalue weighted by atomic mass is 14.8. The van der Waals surface area contributed by atoms with E-state index >= 15 is 0 Å². The van der Waals surface area contributed by atoms with Crippen molar-refractivity contribution in [1.82, 2.24) is 15.0 Å². The molecule has 0 N–H and O–H groups in total. The predicted octanol–water partition coefficient (Wildman–Crippen LogP) is 11.2. The number of pyridine rings is 3. The number of hydrogen-bond donors (Lipinski definition) is 0. The van der Waals surface area contributed by atoms with Gasteiger partial charge in [0.05, 0.1) is 22.4 Å². The number of aromatic nitrogens is 3. The Morgan fingerprint density at radius 2 is 0.957 bits per heavy atom. The van der Waals surface area contributed by atoms with Crippen LogP contribution in [0.3, 0.4) is 0 Å². The summed E-state index contributed by atoms with van der Waals surface area (Å²) in [5.41, 5.74) is 10.6. The van der Waals surface area contributed by atoms with Crippen molar-refractivity contribution < 1.29 is 0 Å². The molecule has 3 aromatic heterocycles. The summed E-state index contributed by atoms with van der Waals surface area (Å²) in [6.07, 6.45) is 3.67. The van der Waals surface area contributed by atoms with Crippen LogP contribution in [0.15, 0.2) is 164 Å². The second kappa shape index (κ2) is 10.8. The van der Waals surface area contributed by atoms with E-state index in [1.54, 1.807) is 0 Å². The number of nitrogens with zero attached hydrogens (tertiary/aromatic N) is 3. The molecule has 46 heavy (non-hydrogen) atoms.